The highest BCUT2D eigenvalue weighted by Crippen LogP contribution is 2.40. The number of urea groups is 1. The number of benzene rings is 1. The van der Waals surface area contributed by atoms with Crippen molar-refractivity contribution in [2.45, 2.75) is 51.0 Å². The smallest absolute Gasteiger partial charge is 0.324 e. The minimum absolute atomic E-state index is 0.187. The molecule has 172 valence electrons. The van der Waals surface area contributed by atoms with Gasteiger partial charge < -0.3 is 15.4 Å². The molecule has 9 nitrogen and oxygen atoms in total. The third kappa shape index (κ3) is 4.15. The van der Waals surface area contributed by atoms with Gasteiger partial charge in [0.25, 0.3) is 0 Å². The number of carbonyl (C=O) groups is 2. The van der Waals surface area contributed by atoms with E-state index in [1.165, 1.54) is 11.9 Å². The summed E-state index contributed by atoms with van der Waals surface area (Å²) in [5.41, 5.74) is 8.91. The first kappa shape index (κ1) is 21.4. The largest absolute Gasteiger partial charge is 0.463 e. The van der Waals surface area contributed by atoms with Crippen LogP contribution in [0.5, 0.6) is 5.88 Å². The van der Waals surface area contributed by atoms with Gasteiger partial charge in [-0.2, -0.15) is 4.98 Å². The number of aromatic nitrogens is 2. The molecule has 1 aromatic carbocycles. The Morgan fingerprint density at radius 3 is 2.52 bits per heavy atom. The molecule has 3 amide bonds. The SMILES string of the molecule is CC1(C)Oc2ncnc(N)c2N=C1c1ccc([C@H]2CC[C@H](CN3CC(=O)NC3=O)CC2)cc1. The van der Waals surface area contributed by atoms with Crippen molar-refractivity contribution in [2.75, 3.05) is 18.8 Å². The molecule has 33 heavy (non-hydrogen) atoms. The number of imide groups is 1. The van der Waals surface area contributed by atoms with Gasteiger partial charge in [0.2, 0.25) is 11.8 Å². The number of nitrogens with one attached hydrogen (secondary N) is 1. The summed E-state index contributed by atoms with van der Waals surface area (Å²) in [6.07, 6.45) is 5.63. The number of anilines is 1. The summed E-state index contributed by atoms with van der Waals surface area (Å²) in [4.78, 5) is 37.8. The van der Waals surface area contributed by atoms with Gasteiger partial charge in [0.15, 0.2) is 11.5 Å². The van der Waals surface area contributed by atoms with Crippen LogP contribution in [0.2, 0.25) is 0 Å². The van der Waals surface area contributed by atoms with E-state index < -0.39 is 5.60 Å². The van der Waals surface area contributed by atoms with Crippen LogP contribution in [-0.4, -0.2) is 51.2 Å². The summed E-state index contributed by atoms with van der Waals surface area (Å²) in [7, 11) is 0. The quantitative estimate of drug-likeness (QED) is 0.693. The number of aliphatic imine (C=N–C) groups is 1. The van der Waals surface area contributed by atoms with Crippen molar-refractivity contribution >= 4 is 29.2 Å². The number of nitrogen functional groups attached to an aromatic ring is 1. The summed E-state index contributed by atoms with van der Waals surface area (Å²) in [6, 6.07) is 8.27. The van der Waals surface area contributed by atoms with E-state index in [2.05, 4.69) is 39.6 Å². The predicted octanol–water partition coefficient (Wildman–Crippen LogP) is 3.18. The highest BCUT2D eigenvalue weighted by atomic mass is 16.5. The summed E-state index contributed by atoms with van der Waals surface area (Å²) >= 11 is 0. The molecule has 0 bridgehead atoms. The molecular formula is C24H28N6O3. The molecule has 0 radical (unpaired) electrons. The molecule has 3 aliphatic rings. The zero-order valence-electron chi connectivity index (χ0n) is 18.9. The molecule has 1 saturated heterocycles. The average molecular weight is 449 g/mol. The van der Waals surface area contributed by atoms with Gasteiger partial charge in [-0.15, -0.1) is 0 Å². The van der Waals surface area contributed by atoms with Crippen molar-refractivity contribution in [3.63, 3.8) is 0 Å². The molecule has 0 unspecified atom stereocenters. The predicted molar refractivity (Wildman–Crippen MR) is 124 cm³/mol. The molecule has 5 rings (SSSR count). The number of carbonyl (C=O) groups excluding carboxylic acids is 2. The van der Waals surface area contributed by atoms with E-state index in [1.54, 1.807) is 4.90 Å². The van der Waals surface area contributed by atoms with E-state index in [0.717, 1.165) is 37.0 Å². The lowest BCUT2D eigenvalue weighted by molar-refractivity contribution is -0.118. The fourth-order valence-electron chi connectivity index (χ4n) is 5.04. The molecule has 2 aromatic rings. The Morgan fingerprint density at radius 2 is 1.85 bits per heavy atom. The molecule has 0 atom stereocenters. The van der Waals surface area contributed by atoms with Gasteiger partial charge in [-0.1, -0.05) is 24.3 Å². The van der Waals surface area contributed by atoms with Crippen molar-refractivity contribution in [3.05, 3.63) is 41.7 Å². The van der Waals surface area contributed by atoms with Crippen LogP contribution < -0.4 is 15.8 Å². The molecule has 2 fully saturated rings. The lowest BCUT2D eigenvalue weighted by Gasteiger charge is -2.32. The van der Waals surface area contributed by atoms with Crippen molar-refractivity contribution < 1.29 is 14.3 Å². The molecule has 3 N–H and O–H groups in total. The lowest BCUT2D eigenvalue weighted by atomic mass is 9.78. The average Bonchev–Trinajstić information content (AvgIpc) is 3.10. The zero-order chi connectivity index (χ0) is 23.2. The zero-order valence-corrected chi connectivity index (χ0v) is 18.9. The number of hydrogen-bond acceptors (Lipinski definition) is 7. The van der Waals surface area contributed by atoms with Gasteiger partial charge in [-0.05, 0) is 56.9 Å². The third-order valence-corrected chi connectivity index (χ3v) is 6.81. The van der Waals surface area contributed by atoms with E-state index in [0.29, 0.717) is 35.8 Å². The molecule has 9 heteroatoms. The van der Waals surface area contributed by atoms with E-state index in [4.69, 9.17) is 15.5 Å². The van der Waals surface area contributed by atoms with Crippen LogP contribution in [0, 0.1) is 5.92 Å². The summed E-state index contributed by atoms with van der Waals surface area (Å²) in [6.45, 7) is 4.78. The Balaban J connectivity index is 1.26. The summed E-state index contributed by atoms with van der Waals surface area (Å²) in [5, 5.41) is 2.35. The van der Waals surface area contributed by atoms with Gasteiger partial charge >= 0.3 is 6.03 Å². The first-order valence-corrected chi connectivity index (χ1v) is 11.4. The van der Waals surface area contributed by atoms with E-state index >= 15 is 0 Å². The molecule has 1 saturated carbocycles. The van der Waals surface area contributed by atoms with Gasteiger partial charge in [-0.25, -0.2) is 14.8 Å². The van der Waals surface area contributed by atoms with E-state index in [1.807, 2.05) is 13.8 Å². The van der Waals surface area contributed by atoms with Crippen molar-refractivity contribution in [1.29, 1.82) is 0 Å². The number of hydrogen-bond donors (Lipinski definition) is 2. The number of ether oxygens (including phenoxy) is 1. The van der Waals surface area contributed by atoms with Crippen LogP contribution in [0.25, 0.3) is 0 Å². The van der Waals surface area contributed by atoms with Crippen LogP contribution in [-0.2, 0) is 4.79 Å². The van der Waals surface area contributed by atoms with Crippen molar-refractivity contribution in [1.82, 2.24) is 20.2 Å². The van der Waals surface area contributed by atoms with Crippen LogP contribution in [0.3, 0.4) is 0 Å². The number of nitrogens with zero attached hydrogens (tertiary/aromatic N) is 4. The highest BCUT2D eigenvalue weighted by molar-refractivity contribution is 6.09. The topological polar surface area (TPSA) is 123 Å². The first-order valence-electron chi connectivity index (χ1n) is 11.4. The fourth-order valence-corrected chi connectivity index (χ4v) is 5.04. The molecule has 2 aliphatic heterocycles. The maximum Gasteiger partial charge on any atom is 0.324 e. The van der Waals surface area contributed by atoms with Crippen LogP contribution in [0.1, 0.15) is 56.6 Å². The normalized spacial score (nSPS) is 24.1. The Hall–Kier alpha value is -3.49. The van der Waals surface area contributed by atoms with Gasteiger partial charge in [0, 0.05) is 12.1 Å². The fraction of sp³-hybridized carbons (Fsp3) is 0.458. The molecule has 1 aliphatic carbocycles. The Kier molecular flexibility index (Phi) is 5.26. The molecule has 1 aromatic heterocycles. The van der Waals surface area contributed by atoms with Crippen LogP contribution in [0.4, 0.5) is 16.3 Å². The number of nitrogens with two attached hydrogens (primary N) is 1. The Labute approximate surface area is 192 Å². The van der Waals surface area contributed by atoms with Gasteiger partial charge in [0.1, 0.15) is 18.5 Å². The van der Waals surface area contributed by atoms with Crippen molar-refractivity contribution in [3.8, 4) is 5.88 Å². The molecular weight excluding hydrogens is 420 g/mol. The van der Waals surface area contributed by atoms with E-state index in [-0.39, 0.29) is 18.5 Å². The number of rotatable bonds is 4. The first-order chi connectivity index (χ1) is 15.8. The summed E-state index contributed by atoms with van der Waals surface area (Å²) < 4.78 is 6.08. The maximum atomic E-state index is 11.8. The standard InChI is InChI=1S/C24H28N6O3/c1-24(2)20(29-19-21(25)26-13-27-22(19)33-24)17-9-7-16(8-10-17)15-5-3-14(4-6-15)11-30-12-18(31)28-23(30)32/h7-10,13-15H,3-6,11-12H2,1-2H3,(H2,25,26,27)(H,28,31,32)/t14-,15-. The second-order valence-electron chi connectivity index (χ2n) is 9.56. The number of fused-ring (bicyclic) bond motifs is 1. The van der Waals surface area contributed by atoms with Crippen LogP contribution in [0.15, 0.2) is 35.6 Å². The molecule has 0 spiro atoms. The van der Waals surface area contributed by atoms with Crippen molar-refractivity contribution in [2.24, 2.45) is 10.9 Å². The second kappa shape index (κ2) is 8.13. The van der Waals surface area contributed by atoms with Gasteiger partial charge in [0.05, 0.1) is 5.71 Å². The monoisotopic (exact) mass is 448 g/mol. The van der Waals surface area contributed by atoms with Gasteiger partial charge in [-0.3, -0.25) is 10.1 Å². The number of amides is 3. The maximum absolute atomic E-state index is 11.8. The molecule has 3 heterocycles. The second-order valence-corrected chi connectivity index (χ2v) is 9.56. The minimum Gasteiger partial charge on any atom is -0.463 e. The lowest BCUT2D eigenvalue weighted by Crippen LogP contribution is -2.41. The Bertz CT molecular complexity index is 1120. The minimum atomic E-state index is -0.642. The highest BCUT2D eigenvalue weighted by Gasteiger charge is 2.35. The van der Waals surface area contributed by atoms with E-state index in [9.17, 15) is 9.59 Å². The Morgan fingerprint density at radius 1 is 1.12 bits per heavy atom. The van der Waals surface area contributed by atoms with Crippen LogP contribution >= 0.6 is 0 Å². The summed E-state index contributed by atoms with van der Waals surface area (Å²) in [5.74, 6) is 1.44. The third-order valence-electron chi connectivity index (χ3n) is 6.81.